The van der Waals surface area contributed by atoms with E-state index in [0.29, 0.717) is 5.54 Å². The van der Waals surface area contributed by atoms with Crippen LogP contribution in [-0.4, -0.2) is 24.7 Å². The molecule has 1 atom stereocenters. The van der Waals surface area contributed by atoms with Gasteiger partial charge in [-0.1, -0.05) is 19.3 Å². The van der Waals surface area contributed by atoms with Crippen LogP contribution >= 0.6 is 0 Å². The van der Waals surface area contributed by atoms with Crippen LogP contribution in [0, 0.1) is 0 Å². The number of carbonyl (C=O) groups is 1. The molecule has 2 fully saturated rings. The first-order valence-corrected chi connectivity index (χ1v) is 5.11. The van der Waals surface area contributed by atoms with E-state index in [1.165, 1.54) is 39.2 Å². The van der Waals surface area contributed by atoms with Gasteiger partial charge in [0.25, 0.3) is 0 Å². The second kappa shape index (κ2) is 3.29. The summed E-state index contributed by atoms with van der Waals surface area (Å²) in [6, 6.07) is -0.0249. The molecule has 0 aromatic rings. The topological polar surface area (TPSA) is 38.3 Å². The zero-order valence-electron chi connectivity index (χ0n) is 8.14. The lowest BCUT2D eigenvalue weighted by Crippen LogP contribution is -2.67. The van der Waals surface area contributed by atoms with E-state index in [2.05, 4.69) is 10.1 Å². The van der Waals surface area contributed by atoms with Crippen molar-refractivity contribution in [2.75, 3.05) is 7.11 Å². The van der Waals surface area contributed by atoms with Crippen LogP contribution in [0.3, 0.4) is 0 Å². The Morgan fingerprint density at radius 2 is 2.00 bits per heavy atom. The largest absolute Gasteiger partial charge is 0.468 e. The minimum atomic E-state index is -0.101. The van der Waals surface area contributed by atoms with Crippen LogP contribution in [0.1, 0.15) is 38.5 Å². The minimum absolute atomic E-state index is 0.0249. The molecule has 0 bridgehead atoms. The number of methoxy groups -OCH3 is 1. The maximum absolute atomic E-state index is 11.1. The molecule has 1 N–H and O–H groups in total. The molecule has 1 heterocycles. The molecule has 0 aromatic heterocycles. The van der Waals surface area contributed by atoms with Gasteiger partial charge in [-0.15, -0.1) is 0 Å². The van der Waals surface area contributed by atoms with E-state index >= 15 is 0 Å². The molecule has 1 aliphatic heterocycles. The van der Waals surface area contributed by atoms with E-state index < -0.39 is 0 Å². The molecule has 1 aliphatic carbocycles. The molecule has 1 unspecified atom stereocenters. The molecule has 1 spiro atoms. The van der Waals surface area contributed by atoms with Gasteiger partial charge in [-0.25, -0.2) is 0 Å². The first-order valence-electron chi connectivity index (χ1n) is 5.11. The average molecular weight is 183 g/mol. The van der Waals surface area contributed by atoms with Crippen molar-refractivity contribution in [2.45, 2.75) is 50.1 Å². The Kier molecular flexibility index (Phi) is 2.28. The molecule has 0 aromatic carbocycles. The van der Waals surface area contributed by atoms with Crippen molar-refractivity contribution < 1.29 is 9.53 Å². The molecule has 1 saturated carbocycles. The first-order chi connectivity index (χ1) is 6.26. The highest BCUT2D eigenvalue weighted by atomic mass is 16.5. The fourth-order valence-electron chi connectivity index (χ4n) is 2.60. The van der Waals surface area contributed by atoms with Crippen molar-refractivity contribution in [2.24, 2.45) is 0 Å². The van der Waals surface area contributed by atoms with Crippen molar-refractivity contribution >= 4 is 5.97 Å². The Labute approximate surface area is 78.8 Å². The quantitative estimate of drug-likeness (QED) is 0.621. The molecule has 3 nitrogen and oxygen atoms in total. The van der Waals surface area contributed by atoms with Gasteiger partial charge in [0.2, 0.25) is 0 Å². The van der Waals surface area contributed by atoms with Crippen LogP contribution in [0.25, 0.3) is 0 Å². The predicted molar refractivity (Wildman–Crippen MR) is 49.4 cm³/mol. The lowest BCUT2D eigenvalue weighted by molar-refractivity contribution is -0.148. The number of esters is 1. The summed E-state index contributed by atoms with van der Waals surface area (Å²) in [6.45, 7) is 0. The van der Waals surface area contributed by atoms with Crippen LogP contribution in [0.2, 0.25) is 0 Å². The van der Waals surface area contributed by atoms with E-state index in [1.807, 2.05) is 0 Å². The SMILES string of the molecule is COC(=O)C1CC2(CCCCC2)N1. The van der Waals surface area contributed by atoms with Crippen LogP contribution in [0.5, 0.6) is 0 Å². The molecule has 3 heteroatoms. The molecular formula is C10H17NO2. The highest BCUT2D eigenvalue weighted by Gasteiger charge is 2.47. The Balaban J connectivity index is 1.85. The maximum Gasteiger partial charge on any atom is 0.322 e. The second-order valence-electron chi connectivity index (χ2n) is 4.27. The lowest BCUT2D eigenvalue weighted by Gasteiger charge is -2.50. The minimum Gasteiger partial charge on any atom is -0.468 e. The van der Waals surface area contributed by atoms with Gasteiger partial charge in [0.05, 0.1) is 7.11 Å². The summed E-state index contributed by atoms with van der Waals surface area (Å²) in [6.07, 6.45) is 7.43. The van der Waals surface area contributed by atoms with Crippen molar-refractivity contribution in [3.8, 4) is 0 Å². The van der Waals surface area contributed by atoms with E-state index in [9.17, 15) is 4.79 Å². The summed E-state index contributed by atoms with van der Waals surface area (Å²) in [7, 11) is 1.45. The summed E-state index contributed by atoms with van der Waals surface area (Å²) in [5.74, 6) is -0.101. The van der Waals surface area contributed by atoms with Gasteiger partial charge >= 0.3 is 5.97 Å². The number of hydrogen-bond acceptors (Lipinski definition) is 3. The molecule has 2 aliphatic rings. The number of nitrogens with one attached hydrogen (secondary N) is 1. The van der Waals surface area contributed by atoms with E-state index in [-0.39, 0.29) is 12.0 Å². The molecule has 0 amide bonds. The summed E-state index contributed by atoms with van der Waals surface area (Å²) < 4.78 is 4.69. The second-order valence-corrected chi connectivity index (χ2v) is 4.27. The number of carbonyl (C=O) groups excluding carboxylic acids is 1. The van der Waals surface area contributed by atoms with Gasteiger partial charge in [0.1, 0.15) is 6.04 Å². The molecular weight excluding hydrogens is 166 g/mol. The first kappa shape index (κ1) is 9.00. The zero-order valence-corrected chi connectivity index (χ0v) is 8.14. The monoisotopic (exact) mass is 183 g/mol. The molecule has 2 rings (SSSR count). The fourth-order valence-corrected chi connectivity index (χ4v) is 2.60. The number of ether oxygens (including phenoxy) is 1. The van der Waals surface area contributed by atoms with Gasteiger partial charge < -0.3 is 4.74 Å². The molecule has 1 saturated heterocycles. The van der Waals surface area contributed by atoms with E-state index in [4.69, 9.17) is 0 Å². The Morgan fingerprint density at radius 3 is 2.54 bits per heavy atom. The third kappa shape index (κ3) is 1.57. The van der Waals surface area contributed by atoms with E-state index in [0.717, 1.165) is 6.42 Å². The van der Waals surface area contributed by atoms with Crippen LogP contribution in [0.15, 0.2) is 0 Å². The fraction of sp³-hybridized carbons (Fsp3) is 0.900. The van der Waals surface area contributed by atoms with E-state index in [1.54, 1.807) is 0 Å². The van der Waals surface area contributed by atoms with Crippen molar-refractivity contribution in [1.82, 2.24) is 5.32 Å². The molecule has 0 radical (unpaired) electrons. The zero-order chi connectivity index (χ0) is 9.31. The van der Waals surface area contributed by atoms with Crippen molar-refractivity contribution in [3.05, 3.63) is 0 Å². The summed E-state index contributed by atoms with van der Waals surface area (Å²) in [5, 5.41) is 3.37. The van der Waals surface area contributed by atoms with Gasteiger partial charge in [0.15, 0.2) is 0 Å². The molecule has 13 heavy (non-hydrogen) atoms. The Bertz CT molecular complexity index is 201. The van der Waals surface area contributed by atoms with Gasteiger partial charge in [-0.2, -0.15) is 0 Å². The maximum atomic E-state index is 11.1. The summed E-state index contributed by atoms with van der Waals surface area (Å²) >= 11 is 0. The predicted octanol–water partition coefficient (Wildman–Crippen LogP) is 1.22. The smallest absolute Gasteiger partial charge is 0.322 e. The average Bonchev–Trinajstić information content (AvgIpc) is 2.14. The number of rotatable bonds is 1. The summed E-state index contributed by atoms with van der Waals surface area (Å²) in [4.78, 5) is 11.1. The van der Waals surface area contributed by atoms with Gasteiger partial charge in [-0.05, 0) is 19.3 Å². The highest BCUT2D eigenvalue weighted by molar-refractivity contribution is 5.77. The Morgan fingerprint density at radius 1 is 1.38 bits per heavy atom. The third-order valence-corrected chi connectivity index (χ3v) is 3.37. The van der Waals surface area contributed by atoms with Crippen LogP contribution < -0.4 is 5.32 Å². The molecule has 74 valence electrons. The van der Waals surface area contributed by atoms with Crippen molar-refractivity contribution in [1.29, 1.82) is 0 Å². The van der Waals surface area contributed by atoms with Crippen LogP contribution in [0.4, 0.5) is 0 Å². The standard InChI is InChI=1S/C10H17NO2/c1-13-9(12)8-7-10(11-8)5-3-2-4-6-10/h8,11H,2-7H2,1H3. The lowest BCUT2D eigenvalue weighted by atomic mass is 9.71. The van der Waals surface area contributed by atoms with Crippen LogP contribution in [-0.2, 0) is 9.53 Å². The Hall–Kier alpha value is -0.570. The highest BCUT2D eigenvalue weighted by Crippen LogP contribution is 2.38. The van der Waals surface area contributed by atoms with Gasteiger partial charge in [-0.3, -0.25) is 10.1 Å². The number of hydrogen-bond donors (Lipinski definition) is 1. The van der Waals surface area contributed by atoms with Crippen molar-refractivity contribution in [3.63, 3.8) is 0 Å². The third-order valence-electron chi connectivity index (χ3n) is 3.37. The van der Waals surface area contributed by atoms with Gasteiger partial charge in [0, 0.05) is 5.54 Å². The normalized spacial score (nSPS) is 31.0. The summed E-state index contributed by atoms with van der Waals surface area (Å²) in [5.41, 5.74) is 0.303.